The minimum absolute atomic E-state index is 0.444. The molecule has 0 radical (unpaired) electrons. The van der Waals surface area contributed by atoms with Crippen LogP contribution in [0.4, 0.5) is 0 Å². The van der Waals surface area contributed by atoms with Crippen LogP contribution in [-0.4, -0.2) is 33.5 Å². The highest BCUT2D eigenvalue weighted by Crippen LogP contribution is 2.17. The maximum absolute atomic E-state index is 5.46. The van der Waals surface area contributed by atoms with E-state index in [1.165, 1.54) is 11.1 Å². The van der Waals surface area contributed by atoms with Crippen LogP contribution in [-0.2, 0) is 15.9 Å². The van der Waals surface area contributed by atoms with E-state index in [0.29, 0.717) is 19.3 Å². The Morgan fingerprint density at radius 2 is 1.80 bits per heavy atom. The number of aryl methyl sites for hydroxylation is 1. The fraction of sp³-hybridized carbons (Fsp3) is 0.647. The molecule has 0 aliphatic heterocycles. The summed E-state index contributed by atoms with van der Waals surface area (Å²) in [7, 11) is 1.70. The Labute approximate surface area is 123 Å². The first kappa shape index (κ1) is 17.2. The second-order valence-corrected chi connectivity index (χ2v) is 4.97. The number of methoxy groups -OCH3 is 1. The summed E-state index contributed by atoms with van der Waals surface area (Å²) < 4.78 is 10.4. The summed E-state index contributed by atoms with van der Waals surface area (Å²) in [4.78, 5) is 0. The molecular formula is C17H29NO2. The number of benzene rings is 1. The van der Waals surface area contributed by atoms with Crippen LogP contribution in [0.15, 0.2) is 24.3 Å². The van der Waals surface area contributed by atoms with E-state index < -0.39 is 0 Å². The third kappa shape index (κ3) is 6.51. The standard InChI is InChI=1S/C17H29NO2/c1-4-15-7-9-16(10-8-15)17(5-2)18-11-6-12-20-14-13-19-3/h7-10,17-18H,4-6,11-14H2,1-3H3. The monoisotopic (exact) mass is 279 g/mol. The van der Waals surface area contributed by atoms with Crippen molar-refractivity contribution in [2.45, 2.75) is 39.2 Å². The van der Waals surface area contributed by atoms with E-state index in [1.54, 1.807) is 7.11 Å². The lowest BCUT2D eigenvalue weighted by Crippen LogP contribution is -2.23. The maximum Gasteiger partial charge on any atom is 0.0700 e. The van der Waals surface area contributed by atoms with Crippen LogP contribution >= 0.6 is 0 Å². The Balaban J connectivity index is 2.24. The molecule has 1 rings (SSSR count). The summed E-state index contributed by atoms with van der Waals surface area (Å²) in [6.45, 7) is 7.55. The highest BCUT2D eigenvalue weighted by molar-refractivity contribution is 5.24. The molecule has 1 aromatic rings. The lowest BCUT2D eigenvalue weighted by Gasteiger charge is -2.18. The summed E-state index contributed by atoms with van der Waals surface area (Å²) in [5, 5.41) is 3.60. The molecule has 0 aliphatic rings. The smallest absolute Gasteiger partial charge is 0.0700 e. The molecule has 114 valence electrons. The molecule has 0 aliphatic carbocycles. The number of nitrogens with one attached hydrogen (secondary N) is 1. The zero-order chi connectivity index (χ0) is 14.6. The number of rotatable bonds is 11. The topological polar surface area (TPSA) is 30.5 Å². The van der Waals surface area contributed by atoms with Crippen LogP contribution in [0.5, 0.6) is 0 Å². The highest BCUT2D eigenvalue weighted by Gasteiger charge is 2.07. The summed E-state index contributed by atoms with van der Waals surface area (Å²) >= 11 is 0. The Morgan fingerprint density at radius 1 is 1.05 bits per heavy atom. The average molecular weight is 279 g/mol. The Hall–Kier alpha value is -0.900. The van der Waals surface area contributed by atoms with Gasteiger partial charge in [0.1, 0.15) is 0 Å². The molecule has 0 saturated carbocycles. The van der Waals surface area contributed by atoms with Gasteiger partial charge >= 0.3 is 0 Å². The molecule has 1 aromatic carbocycles. The van der Waals surface area contributed by atoms with Gasteiger partial charge in [0.25, 0.3) is 0 Å². The fourth-order valence-corrected chi connectivity index (χ4v) is 2.18. The van der Waals surface area contributed by atoms with Crippen LogP contribution < -0.4 is 5.32 Å². The van der Waals surface area contributed by atoms with Crippen molar-refractivity contribution in [3.63, 3.8) is 0 Å². The van der Waals surface area contributed by atoms with Crippen LogP contribution in [0.2, 0.25) is 0 Å². The third-order valence-electron chi connectivity index (χ3n) is 3.49. The van der Waals surface area contributed by atoms with Crippen LogP contribution in [0.1, 0.15) is 43.9 Å². The van der Waals surface area contributed by atoms with Crippen molar-refractivity contribution in [2.24, 2.45) is 0 Å². The summed E-state index contributed by atoms with van der Waals surface area (Å²) in [6.07, 6.45) is 3.24. The normalized spacial score (nSPS) is 12.6. The average Bonchev–Trinajstić information content (AvgIpc) is 2.50. The van der Waals surface area contributed by atoms with Crippen molar-refractivity contribution >= 4 is 0 Å². The SMILES string of the molecule is CCc1ccc(C(CC)NCCCOCCOC)cc1. The van der Waals surface area contributed by atoms with Crippen molar-refractivity contribution in [3.8, 4) is 0 Å². The first-order valence-electron chi connectivity index (χ1n) is 7.70. The molecule has 0 saturated heterocycles. The first-order chi connectivity index (χ1) is 9.81. The van der Waals surface area contributed by atoms with Crippen LogP contribution in [0, 0.1) is 0 Å². The lowest BCUT2D eigenvalue weighted by atomic mass is 10.0. The van der Waals surface area contributed by atoms with E-state index in [0.717, 1.165) is 32.4 Å². The molecule has 0 amide bonds. The molecule has 0 heterocycles. The van der Waals surface area contributed by atoms with E-state index in [-0.39, 0.29) is 0 Å². The van der Waals surface area contributed by atoms with Crippen molar-refractivity contribution in [2.75, 3.05) is 33.5 Å². The van der Waals surface area contributed by atoms with Gasteiger partial charge in [-0.1, -0.05) is 38.1 Å². The molecule has 3 heteroatoms. The van der Waals surface area contributed by atoms with Gasteiger partial charge in [0.05, 0.1) is 13.2 Å². The second kappa shape index (κ2) is 10.8. The summed E-state index contributed by atoms with van der Waals surface area (Å²) in [6, 6.07) is 9.39. The van der Waals surface area contributed by atoms with Gasteiger partial charge in [-0.05, 0) is 36.9 Å². The van der Waals surface area contributed by atoms with Crippen molar-refractivity contribution in [3.05, 3.63) is 35.4 Å². The lowest BCUT2D eigenvalue weighted by molar-refractivity contribution is 0.0692. The Kier molecular flexibility index (Phi) is 9.29. The van der Waals surface area contributed by atoms with Gasteiger partial charge in [0, 0.05) is 19.8 Å². The predicted octanol–water partition coefficient (Wildman–Crippen LogP) is 3.34. The van der Waals surface area contributed by atoms with E-state index in [9.17, 15) is 0 Å². The Bertz CT molecular complexity index is 337. The summed E-state index contributed by atoms with van der Waals surface area (Å²) in [5.41, 5.74) is 2.78. The van der Waals surface area contributed by atoms with E-state index >= 15 is 0 Å². The minimum Gasteiger partial charge on any atom is -0.382 e. The quantitative estimate of drug-likeness (QED) is 0.630. The number of hydrogen-bond donors (Lipinski definition) is 1. The van der Waals surface area contributed by atoms with E-state index in [2.05, 4.69) is 43.4 Å². The fourth-order valence-electron chi connectivity index (χ4n) is 2.18. The molecule has 20 heavy (non-hydrogen) atoms. The van der Waals surface area contributed by atoms with Gasteiger partial charge in [0.2, 0.25) is 0 Å². The van der Waals surface area contributed by atoms with Gasteiger partial charge in [0.15, 0.2) is 0 Å². The number of hydrogen-bond acceptors (Lipinski definition) is 3. The molecule has 0 fully saturated rings. The second-order valence-electron chi connectivity index (χ2n) is 4.97. The third-order valence-corrected chi connectivity index (χ3v) is 3.49. The molecule has 1 atom stereocenters. The zero-order valence-electron chi connectivity index (χ0n) is 13.2. The summed E-state index contributed by atoms with van der Waals surface area (Å²) in [5.74, 6) is 0. The van der Waals surface area contributed by atoms with Crippen molar-refractivity contribution in [1.82, 2.24) is 5.32 Å². The molecular weight excluding hydrogens is 250 g/mol. The van der Waals surface area contributed by atoms with E-state index in [4.69, 9.17) is 9.47 Å². The Morgan fingerprint density at radius 3 is 2.40 bits per heavy atom. The van der Waals surface area contributed by atoms with E-state index in [1.807, 2.05) is 0 Å². The van der Waals surface area contributed by atoms with Gasteiger partial charge < -0.3 is 14.8 Å². The molecule has 0 aromatic heterocycles. The molecule has 1 N–H and O–H groups in total. The predicted molar refractivity (Wildman–Crippen MR) is 84.2 cm³/mol. The number of ether oxygens (including phenoxy) is 2. The maximum atomic E-state index is 5.46. The molecule has 0 bridgehead atoms. The molecule has 1 unspecified atom stereocenters. The highest BCUT2D eigenvalue weighted by atomic mass is 16.5. The van der Waals surface area contributed by atoms with Crippen molar-refractivity contribution < 1.29 is 9.47 Å². The zero-order valence-corrected chi connectivity index (χ0v) is 13.2. The van der Waals surface area contributed by atoms with Crippen molar-refractivity contribution in [1.29, 1.82) is 0 Å². The minimum atomic E-state index is 0.444. The van der Waals surface area contributed by atoms with Gasteiger partial charge in [-0.25, -0.2) is 0 Å². The van der Waals surface area contributed by atoms with Gasteiger partial charge in [-0.3, -0.25) is 0 Å². The first-order valence-corrected chi connectivity index (χ1v) is 7.70. The van der Waals surface area contributed by atoms with Gasteiger partial charge in [-0.2, -0.15) is 0 Å². The largest absolute Gasteiger partial charge is 0.382 e. The molecule has 0 spiro atoms. The molecule has 3 nitrogen and oxygen atoms in total. The van der Waals surface area contributed by atoms with Crippen LogP contribution in [0.3, 0.4) is 0 Å². The van der Waals surface area contributed by atoms with Crippen LogP contribution in [0.25, 0.3) is 0 Å². The van der Waals surface area contributed by atoms with Gasteiger partial charge in [-0.15, -0.1) is 0 Å².